The van der Waals surface area contributed by atoms with Gasteiger partial charge in [0, 0.05) is 60.6 Å². The molecule has 2 saturated carbocycles. The Balaban J connectivity index is 2.09. The van der Waals surface area contributed by atoms with Gasteiger partial charge in [0.15, 0.2) is 0 Å². The Kier molecular flexibility index (Phi) is 21.1. The molecule has 4 atom stereocenters. The number of aliphatic hydroxyl groups is 4. The summed E-state index contributed by atoms with van der Waals surface area (Å²) < 4.78 is 21.9. The average molecular weight is 779 g/mol. The van der Waals surface area contributed by atoms with E-state index in [-0.39, 0.29) is 60.6 Å². The first-order chi connectivity index (χ1) is 26.0. The highest BCUT2D eigenvalue weighted by atomic mass is 16.6. The first-order valence-electron chi connectivity index (χ1n) is 19.4. The highest BCUT2D eigenvalue weighted by Gasteiger charge is 2.35. The molecule has 0 aromatic rings. The molecule has 2 fully saturated rings. The molecule has 0 bridgehead atoms. The Morgan fingerprint density at radius 3 is 0.873 bits per heavy atom. The third-order valence-electron chi connectivity index (χ3n) is 10.4. The second-order valence-corrected chi connectivity index (χ2v) is 15.5. The summed E-state index contributed by atoms with van der Waals surface area (Å²) in [5, 5.41) is 40.2. The van der Waals surface area contributed by atoms with Crippen molar-refractivity contribution in [2.24, 2.45) is 11.8 Å². The van der Waals surface area contributed by atoms with Gasteiger partial charge in [-0.15, -0.1) is 0 Å². The van der Waals surface area contributed by atoms with E-state index < -0.39 is 74.7 Å². The topological polar surface area (TPSA) is 193 Å². The highest BCUT2D eigenvalue weighted by molar-refractivity contribution is 5.88. The second kappa shape index (κ2) is 24.3. The molecule has 0 heterocycles. The summed E-state index contributed by atoms with van der Waals surface area (Å²) in [4.78, 5) is 53.1. The van der Waals surface area contributed by atoms with E-state index in [0.717, 1.165) is 57.8 Å². The van der Waals surface area contributed by atoms with Crippen LogP contribution < -0.4 is 0 Å². The molecule has 14 nitrogen and oxygen atoms in total. The van der Waals surface area contributed by atoms with E-state index >= 15 is 0 Å². The van der Waals surface area contributed by atoms with Gasteiger partial charge in [-0.05, 0) is 97.3 Å². The Bertz CT molecular complexity index is 1140. The van der Waals surface area contributed by atoms with Crippen molar-refractivity contribution in [1.29, 1.82) is 0 Å². The fraction of sp³-hybridized carbons (Fsp3) is 0.707. The van der Waals surface area contributed by atoms with Crippen LogP contribution in [0.4, 0.5) is 0 Å². The van der Waals surface area contributed by atoms with Crippen molar-refractivity contribution >= 4 is 23.9 Å². The number of nitrogens with zero attached hydrogens (tertiary/aromatic N) is 2. The van der Waals surface area contributed by atoms with Crippen LogP contribution in [0.5, 0.6) is 0 Å². The Morgan fingerprint density at radius 1 is 0.473 bits per heavy atom. The molecular weight excluding hydrogens is 712 g/mol. The molecule has 4 N–H and O–H groups in total. The molecule has 0 saturated heterocycles. The third-order valence-corrected chi connectivity index (χ3v) is 10.4. The number of aliphatic hydroxyl groups excluding tert-OH is 4. The number of esters is 4. The zero-order chi connectivity index (χ0) is 41.2. The minimum atomic E-state index is -0.829. The predicted molar refractivity (Wildman–Crippen MR) is 206 cm³/mol. The van der Waals surface area contributed by atoms with E-state index in [2.05, 4.69) is 26.3 Å². The summed E-state index contributed by atoms with van der Waals surface area (Å²) in [7, 11) is 0. The Morgan fingerprint density at radius 2 is 0.691 bits per heavy atom. The minimum Gasteiger partial charge on any atom is -0.455 e. The largest absolute Gasteiger partial charge is 0.455 e. The first-order valence-corrected chi connectivity index (χ1v) is 19.4. The van der Waals surface area contributed by atoms with Gasteiger partial charge in [-0.1, -0.05) is 26.3 Å². The summed E-state index contributed by atoms with van der Waals surface area (Å²) in [5.74, 6) is -1.44. The molecule has 0 amide bonds. The lowest BCUT2D eigenvalue weighted by Crippen LogP contribution is -2.49. The summed E-state index contributed by atoms with van der Waals surface area (Å²) >= 11 is 0. The molecule has 0 aromatic carbocycles. The van der Waals surface area contributed by atoms with E-state index in [1.807, 2.05) is 9.80 Å². The van der Waals surface area contributed by atoms with Crippen LogP contribution >= 0.6 is 0 Å². The van der Waals surface area contributed by atoms with Crippen LogP contribution in [0.15, 0.2) is 48.6 Å². The fourth-order valence-electron chi connectivity index (χ4n) is 7.29. The number of carbonyl (C=O) groups excluding carboxylic acids is 4. The molecule has 2 aliphatic rings. The van der Waals surface area contributed by atoms with Crippen LogP contribution in [0.2, 0.25) is 0 Å². The van der Waals surface area contributed by atoms with Crippen molar-refractivity contribution < 1.29 is 58.6 Å². The zero-order valence-corrected chi connectivity index (χ0v) is 33.4. The van der Waals surface area contributed by atoms with E-state index in [0.29, 0.717) is 11.8 Å². The van der Waals surface area contributed by atoms with Gasteiger partial charge in [-0.25, -0.2) is 19.2 Å². The SMILES string of the molecule is C=C(C)C(=O)OC(CO)CN(CC(CO)OC(=O)C(=C)C)C1CCC(CC2CCC(N(CC(CO)OC(=O)C(=C)C)CC(CO)OC(=O)C(=C)C)CC2)CC1. The van der Waals surface area contributed by atoms with E-state index in [4.69, 9.17) is 18.9 Å². The first kappa shape index (κ1) is 47.8. The molecule has 2 rings (SSSR count). The molecule has 14 heteroatoms. The molecular formula is C41H66N2O12. The lowest BCUT2D eigenvalue weighted by atomic mass is 9.75. The summed E-state index contributed by atoms with van der Waals surface area (Å²) in [6, 6.07) is 0.0974. The monoisotopic (exact) mass is 778 g/mol. The minimum absolute atomic E-state index is 0.0487. The van der Waals surface area contributed by atoms with Crippen molar-refractivity contribution in [3.63, 3.8) is 0 Å². The van der Waals surface area contributed by atoms with Crippen molar-refractivity contribution in [3.8, 4) is 0 Å². The van der Waals surface area contributed by atoms with Crippen molar-refractivity contribution in [2.45, 2.75) is 122 Å². The van der Waals surface area contributed by atoms with E-state index in [1.165, 1.54) is 27.7 Å². The van der Waals surface area contributed by atoms with Crippen LogP contribution in [0.1, 0.15) is 85.5 Å². The maximum Gasteiger partial charge on any atom is 0.333 e. The number of ether oxygens (including phenoxy) is 4. The number of carbonyl (C=O) groups is 4. The van der Waals surface area contributed by atoms with Gasteiger partial charge in [-0.3, -0.25) is 9.80 Å². The smallest absolute Gasteiger partial charge is 0.333 e. The predicted octanol–water partition coefficient (Wildman–Crippen LogP) is 3.02. The zero-order valence-electron chi connectivity index (χ0n) is 33.4. The van der Waals surface area contributed by atoms with Crippen LogP contribution in [0, 0.1) is 11.8 Å². The Hall–Kier alpha value is -3.40. The molecule has 55 heavy (non-hydrogen) atoms. The van der Waals surface area contributed by atoms with Crippen LogP contribution in [0.25, 0.3) is 0 Å². The summed E-state index contributed by atoms with van der Waals surface area (Å²) in [6.07, 6.45) is 4.90. The van der Waals surface area contributed by atoms with Gasteiger partial charge in [-0.2, -0.15) is 0 Å². The van der Waals surface area contributed by atoms with Crippen LogP contribution in [-0.2, 0) is 38.1 Å². The molecule has 0 radical (unpaired) electrons. The quantitative estimate of drug-likeness (QED) is 0.0635. The molecule has 4 unspecified atom stereocenters. The maximum atomic E-state index is 12.3. The van der Waals surface area contributed by atoms with Crippen molar-refractivity contribution in [3.05, 3.63) is 48.6 Å². The maximum absolute atomic E-state index is 12.3. The van der Waals surface area contributed by atoms with Gasteiger partial charge < -0.3 is 39.4 Å². The van der Waals surface area contributed by atoms with Gasteiger partial charge >= 0.3 is 23.9 Å². The standard InChI is InChI=1S/C41H66N2O12/c1-26(2)38(48)52-34(22-44)18-42(19-35(23-45)53-39(49)27(3)4)32-13-9-30(10-14-32)17-31-11-15-33(16-12-31)43(20-36(24-46)54-40(50)28(5)6)21-37(25-47)55-41(51)29(7)8/h30-37,44-47H,1,3,5,7,9-25H2,2,4,6,8H3. The Labute approximate surface area is 326 Å². The number of hydrogen-bond acceptors (Lipinski definition) is 14. The van der Waals surface area contributed by atoms with Crippen molar-refractivity contribution in [1.82, 2.24) is 9.80 Å². The van der Waals surface area contributed by atoms with Gasteiger partial charge in [0.2, 0.25) is 0 Å². The molecule has 2 aliphatic carbocycles. The molecule has 0 aliphatic heterocycles. The molecule has 0 aromatic heterocycles. The normalized spacial score (nSPS) is 22.1. The second-order valence-electron chi connectivity index (χ2n) is 15.5. The van der Waals surface area contributed by atoms with E-state index in [9.17, 15) is 39.6 Å². The average Bonchev–Trinajstić information content (AvgIpc) is 3.15. The van der Waals surface area contributed by atoms with Crippen LogP contribution in [0.3, 0.4) is 0 Å². The van der Waals surface area contributed by atoms with Gasteiger partial charge in [0.25, 0.3) is 0 Å². The third kappa shape index (κ3) is 16.7. The lowest BCUT2D eigenvalue weighted by molar-refractivity contribution is -0.152. The summed E-state index contributed by atoms with van der Waals surface area (Å²) in [5.41, 5.74) is 0.862. The molecule has 0 spiro atoms. The van der Waals surface area contributed by atoms with Gasteiger partial charge in [0.1, 0.15) is 24.4 Å². The summed E-state index contributed by atoms with van der Waals surface area (Å²) in [6.45, 7) is 19.8. The van der Waals surface area contributed by atoms with E-state index in [1.54, 1.807) is 0 Å². The fourth-order valence-corrected chi connectivity index (χ4v) is 7.29. The van der Waals surface area contributed by atoms with Gasteiger partial charge in [0.05, 0.1) is 26.4 Å². The van der Waals surface area contributed by atoms with Crippen molar-refractivity contribution in [2.75, 3.05) is 52.6 Å². The number of rotatable bonds is 24. The lowest BCUT2D eigenvalue weighted by Gasteiger charge is -2.42. The van der Waals surface area contributed by atoms with Crippen LogP contribution in [-0.4, -0.2) is 143 Å². The number of hydrogen-bond donors (Lipinski definition) is 4. The molecule has 312 valence electrons. The highest BCUT2D eigenvalue weighted by Crippen LogP contribution is 2.38.